The fourth-order valence-electron chi connectivity index (χ4n) is 4.05. The Hall–Kier alpha value is -3.85. The summed E-state index contributed by atoms with van der Waals surface area (Å²) in [5.74, 6) is -0.251. The molecule has 37 heavy (non-hydrogen) atoms. The highest BCUT2D eigenvalue weighted by atomic mass is 32.2. The molecule has 0 aliphatic rings. The third-order valence-corrected chi connectivity index (χ3v) is 7.99. The van der Waals surface area contributed by atoms with Crippen LogP contribution in [0.25, 0.3) is 0 Å². The van der Waals surface area contributed by atoms with Gasteiger partial charge in [0.2, 0.25) is 11.8 Å². The fraction of sp³-hybridized carbons (Fsp3) is 0.286. The topological polar surface area (TPSA) is 96.0 Å². The molecule has 3 rings (SSSR count). The van der Waals surface area contributed by atoms with Crippen molar-refractivity contribution in [3.63, 3.8) is 0 Å². The number of methoxy groups -OCH3 is 1. The molecule has 0 saturated heterocycles. The van der Waals surface area contributed by atoms with Crippen LogP contribution in [0.2, 0.25) is 0 Å². The minimum absolute atomic E-state index is 0.0578. The van der Waals surface area contributed by atoms with E-state index in [0.29, 0.717) is 17.9 Å². The number of rotatable bonds is 11. The molecule has 0 radical (unpaired) electrons. The highest BCUT2D eigenvalue weighted by Gasteiger charge is 2.33. The third kappa shape index (κ3) is 6.48. The van der Waals surface area contributed by atoms with E-state index in [-0.39, 0.29) is 17.3 Å². The molecular weight excluding hydrogens is 490 g/mol. The van der Waals surface area contributed by atoms with Gasteiger partial charge in [0, 0.05) is 13.6 Å². The summed E-state index contributed by atoms with van der Waals surface area (Å²) >= 11 is 0. The minimum Gasteiger partial charge on any atom is -0.497 e. The number of ether oxygens (including phenoxy) is 1. The summed E-state index contributed by atoms with van der Waals surface area (Å²) in [4.78, 5) is 28.2. The van der Waals surface area contributed by atoms with Crippen molar-refractivity contribution in [3.8, 4) is 5.75 Å². The van der Waals surface area contributed by atoms with E-state index in [1.54, 1.807) is 42.5 Å². The summed E-state index contributed by atoms with van der Waals surface area (Å²) < 4.78 is 33.8. The molecule has 0 aliphatic carbocycles. The number of sulfonamides is 1. The molecule has 1 N–H and O–H groups in total. The van der Waals surface area contributed by atoms with E-state index in [9.17, 15) is 18.0 Å². The van der Waals surface area contributed by atoms with Gasteiger partial charge in [0.05, 0.1) is 17.7 Å². The van der Waals surface area contributed by atoms with Crippen LogP contribution < -0.4 is 14.4 Å². The van der Waals surface area contributed by atoms with E-state index in [0.717, 1.165) is 15.4 Å². The summed E-state index contributed by atoms with van der Waals surface area (Å²) in [5.41, 5.74) is 2.15. The van der Waals surface area contributed by atoms with Crippen LogP contribution in [0.5, 0.6) is 5.75 Å². The molecular formula is C28H33N3O5S. The Morgan fingerprint density at radius 3 is 2.14 bits per heavy atom. The first-order valence-corrected chi connectivity index (χ1v) is 13.4. The zero-order valence-electron chi connectivity index (χ0n) is 21.5. The summed E-state index contributed by atoms with van der Waals surface area (Å²) in [6.45, 7) is 3.44. The van der Waals surface area contributed by atoms with Crippen LogP contribution >= 0.6 is 0 Å². The van der Waals surface area contributed by atoms with Gasteiger partial charge < -0.3 is 15.0 Å². The SMILES string of the molecule is CC[C@@H](C(=O)NC)N(Cc1ccccc1C)C(=O)CN(c1ccc(OC)cc1)S(=O)(=O)c1ccccc1. The van der Waals surface area contributed by atoms with Crippen molar-refractivity contribution in [2.24, 2.45) is 0 Å². The highest BCUT2D eigenvalue weighted by molar-refractivity contribution is 7.92. The maximum Gasteiger partial charge on any atom is 0.264 e. The number of anilines is 1. The molecule has 3 aromatic carbocycles. The van der Waals surface area contributed by atoms with Crippen LogP contribution in [-0.4, -0.2) is 51.9 Å². The minimum atomic E-state index is -4.10. The summed E-state index contributed by atoms with van der Waals surface area (Å²) in [7, 11) is -1.06. The molecule has 2 amide bonds. The molecule has 196 valence electrons. The second kappa shape index (κ2) is 12.4. The third-order valence-electron chi connectivity index (χ3n) is 6.20. The van der Waals surface area contributed by atoms with E-state index in [4.69, 9.17) is 4.74 Å². The molecule has 0 fully saturated rings. The van der Waals surface area contributed by atoms with Crippen molar-refractivity contribution < 1.29 is 22.7 Å². The van der Waals surface area contributed by atoms with Gasteiger partial charge in [-0.05, 0) is 60.9 Å². The van der Waals surface area contributed by atoms with E-state index in [1.807, 2.05) is 38.1 Å². The lowest BCUT2D eigenvalue weighted by atomic mass is 10.1. The molecule has 8 nitrogen and oxygen atoms in total. The van der Waals surface area contributed by atoms with E-state index >= 15 is 0 Å². The number of hydrogen-bond acceptors (Lipinski definition) is 5. The molecule has 0 aromatic heterocycles. The van der Waals surface area contributed by atoms with Gasteiger partial charge in [-0.2, -0.15) is 0 Å². The van der Waals surface area contributed by atoms with Crippen LogP contribution in [0, 0.1) is 6.92 Å². The molecule has 0 saturated carbocycles. The Morgan fingerprint density at radius 1 is 0.946 bits per heavy atom. The second-order valence-corrected chi connectivity index (χ2v) is 10.4. The van der Waals surface area contributed by atoms with Crippen LogP contribution in [0.4, 0.5) is 5.69 Å². The van der Waals surface area contributed by atoms with E-state index in [1.165, 1.54) is 31.2 Å². The van der Waals surface area contributed by atoms with Gasteiger partial charge in [0.1, 0.15) is 18.3 Å². The lowest BCUT2D eigenvalue weighted by molar-refractivity contribution is -0.140. The van der Waals surface area contributed by atoms with Gasteiger partial charge in [0.15, 0.2) is 0 Å². The van der Waals surface area contributed by atoms with Crippen LogP contribution in [0.15, 0.2) is 83.8 Å². The molecule has 9 heteroatoms. The summed E-state index contributed by atoms with van der Waals surface area (Å²) in [6, 6.07) is 21.2. The van der Waals surface area contributed by atoms with Gasteiger partial charge in [-0.1, -0.05) is 49.4 Å². The average molecular weight is 524 g/mol. The van der Waals surface area contributed by atoms with Gasteiger partial charge >= 0.3 is 0 Å². The maximum atomic E-state index is 13.9. The normalized spacial score (nSPS) is 11.9. The molecule has 0 spiro atoms. The van der Waals surface area contributed by atoms with Crippen molar-refractivity contribution in [2.75, 3.05) is 25.0 Å². The highest BCUT2D eigenvalue weighted by Crippen LogP contribution is 2.27. The van der Waals surface area contributed by atoms with Gasteiger partial charge in [0.25, 0.3) is 10.0 Å². The maximum absolute atomic E-state index is 13.9. The zero-order valence-corrected chi connectivity index (χ0v) is 22.4. The first-order chi connectivity index (χ1) is 17.7. The Bertz CT molecular complexity index is 1310. The van der Waals surface area contributed by atoms with E-state index < -0.39 is 28.5 Å². The predicted molar refractivity (Wildman–Crippen MR) is 144 cm³/mol. The zero-order chi connectivity index (χ0) is 27.0. The number of carbonyl (C=O) groups is 2. The number of benzene rings is 3. The Kier molecular flexibility index (Phi) is 9.30. The first kappa shape index (κ1) is 27.7. The molecule has 0 aliphatic heterocycles. The van der Waals surface area contributed by atoms with Gasteiger partial charge in [-0.25, -0.2) is 8.42 Å². The fourth-order valence-corrected chi connectivity index (χ4v) is 5.49. The molecule has 3 aromatic rings. The lowest BCUT2D eigenvalue weighted by Gasteiger charge is -2.33. The molecule has 0 bridgehead atoms. The van der Waals surface area contributed by atoms with Crippen LogP contribution in [0.1, 0.15) is 24.5 Å². The van der Waals surface area contributed by atoms with Crippen molar-refractivity contribution in [2.45, 2.75) is 37.8 Å². The standard InChI is InChI=1S/C28H33N3O5S/c1-5-26(28(33)29-3)30(19-22-12-10-9-11-21(22)2)27(32)20-31(23-15-17-24(36-4)18-16-23)37(34,35)25-13-7-6-8-14-25/h6-18,26H,5,19-20H2,1-4H3,(H,29,33)/t26-/m0/s1. The second-order valence-electron chi connectivity index (χ2n) is 8.51. The number of nitrogens with zero attached hydrogens (tertiary/aromatic N) is 2. The van der Waals surface area contributed by atoms with Gasteiger partial charge in [-0.15, -0.1) is 0 Å². The quantitative estimate of drug-likeness (QED) is 0.413. The Labute approximate surface area is 218 Å². The smallest absolute Gasteiger partial charge is 0.264 e. The summed E-state index contributed by atoms with van der Waals surface area (Å²) in [5, 5.41) is 2.63. The largest absolute Gasteiger partial charge is 0.497 e. The lowest BCUT2D eigenvalue weighted by Crippen LogP contribution is -2.51. The van der Waals surface area contributed by atoms with Crippen molar-refractivity contribution in [3.05, 3.63) is 90.0 Å². The molecule has 1 atom stereocenters. The molecule has 0 unspecified atom stereocenters. The molecule has 0 heterocycles. The average Bonchev–Trinajstić information content (AvgIpc) is 2.92. The van der Waals surface area contributed by atoms with Crippen molar-refractivity contribution in [1.82, 2.24) is 10.2 Å². The first-order valence-electron chi connectivity index (χ1n) is 12.0. The number of carbonyl (C=O) groups excluding carboxylic acids is 2. The van der Waals surface area contributed by atoms with Crippen molar-refractivity contribution >= 4 is 27.5 Å². The summed E-state index contributed by atoms with van der Waals surface area (Å²) in [6.07, 6.45) is 0.366. The van der Waals surface area contributed by atoms with E-state index in [2.05, 4.69) is 5.32 Å². The van der Waals surface area contributed by atoms with Gasteiger partial charge in [-0.3, -0.25) is 13.9 Å². The number of nitrogens with one attached hydrogen (secondary N) is 1. The Morgan fingerprint density at radius 2 is 1.57 bits per heavy atom. The monoisotopic (exact) mass is 523 g/mol. The predicted octanol–water partition coefficient (Wildman–Crippen LogP) is 3.75. The van der Waals surface area contributed by atoms with Crippen LogP contribution in [-0.2, 0) is 26.2 Å². The van der Waals surface area contributed by atoms with Crippen LogP contribution in [0.3, 0.4) is 0 Å². The number of hydrogen-bond donors (Lipinski definition) is 1. The number of amides is 2. The number of aryl methyl sites for hydroxylation is 1. The Balaban J connectivity index is 2.06. The van der Waals surface area contributed by atoms with Crippen molar-refractivity contribution in [1.29, 1.82) is 0 Å². The number of likely N-dealkylation sites (N-methyl/N-ethyl adjacent to an activating group) is 1.